The van der Waals surface area contributed by atoms with Crippen molar-refractivity contribution in [1.82, 2.24) is 9.55 Å². The molecule has 4 rings (SSSR count). The molecule has 1 unspecified atom stereocenters. The van der Waals surface area contributed by atoms with Gasteiger partial charge in [-0.2, -0.15) is 0 Å². The van der Waals surface area contributed by atoms with Crippen LogP contribution in [0.25, 0.3) is 10.9 Å². The average Bonchev–Trinajstić information content (AvgIpc) is 2.87. The third kappa shape index (κ3) is 3.68. The Hall–Kier alpha value is -3.35. The van der Waals surface area contributed by atoms with E-state index in [9.17, 15) is 9.59 Å². The van der Waals surface area contributed by atoms with Crippen LogP contribution in [0, 0.1) is 0 Å². The van der Waals surface area contributed by atoms with Crippen molar-refractivity contribution in [2.75, 3.05) is 6.61 Å². The smallest absolute Gasteiger partial charge is 0.341 e. The van der Waals surface area contributed by atoms with Crippen molar-refractivity contribution in [3.05, 3.63) is 59.5 Å². The van der Waals surface area contributed by atoms with E-state index in [4.69, 9.17) is 15.6 Å². The van der Waals surface area contributed by atoms with E-state index in [1.807, 2.05) is 30.3 Å². The molecular weight excluding hydrogens is 370 g/mol. The lowest BCUT2D eigenvalue weighted by Gasteiger charge is -2.14. The van der Waals surface area contributed by atoms with E-state index in [2.05, 4.69) is 9.55 Å². The largest absolute Gasteiger partial charge is 0.481 e. The van der Waals surface area contributed by atoms with Gasteiger partial charge in [0.05, 0.1) is 23.7 Å². The number of hydrogen-bond donors (Lipinski definition) is 2. The summed E-state index contributed by atoms with van der Waals surface area (Å²) in [4.78, 5) is 27.8. The van der Waals surface area contributed by atoms with Crippen molar-refractivity contribution in [2.24, 2.45) is 5.73 Å². The van der Waals surface area contributed by atoms with Gasteiger partial charge >= 0.3 is 5.97 Å². The maximum atomic E-state index is 12.3. The van der Waals surface area contributed by atoms with Crippen LogP contribution >= 0.6 is 0 Å². The van der Waals surface area contributed by atoms with E-state index in [-0.39, 0.29) is 5.91 Å². The number of fused-ring (bicyclic) bond motifs is 3. The molecule has 1 aliphatic rings. The number of amides is 1. The van der Waals surface area contributed by atoms with Crippen molar-refractivity contribution in [3.63, 3.8) is 0 Å². The zero-order valence-electron chi connectivity index (χ0n) is 16.0. The fourth-order valence-electron chi connectivity index (χ4n) is 4.26. The minimum atomic E-state index is -1.05. The third-order valence-corrected chi connectivity index (χ3v) is 5.45. The molecule has 1 amide bonds. The Bertz CT molecular complexity index is 1060. The maximum Gasteiger partial charge on any atom is 0.341 e. The minimum absolute atomic E-state index is 0.363. The number of carboxylic acids is 1. The zero-order valence-corrected chi connectivity index (χ0v) is 16.0. The van der Waals surface area contributed by atoms with E-state index in [1.54, 1.807) is 12.3 Å². The lowest BCUT2D eigenvalue weighted by atomic mass is 9.92. The highest BCUT2D eigenvalue weighted by atomic mass is 16.5. The Balaban J connectivity index is 1.95. The number of carboxylic acid groups (broad SMARTS) is 1. The Labute approximate surface area is 168 Å². The molecule has 3 N–H and O–H groups in total. The molecule has 3 aromatic rings. The van der Waals surface area contributed by atoms with Gasteiger partial charge in [0.2, 0.25) is 5.91 Å². The zero-order chi connectivity index (χ0) is 20.4. The summed E-state index contributed by atoms with van der Waals surface area (Å²) in [5, 5.41) is 9.84. The fraction of sp³-hybridized carbons (Fsp3) is 0.318. The van der Waals surface area contributed by atoms with Crippen LogP contribution in [0.2, 0.25) is 0 Å². The number of nitrogens with two attached hydrogens (primary N) is 1. The molecule has 0 spiro atoms. The van der Waals surface area contributed by atoms with Crippen molar-refractivity contribution in [3.8, 4) is 5.75 Å². The topological polar surface area (TPSA) is 107 Å². The van der Waals surface area contributed by atoms with Crippen molar-refractivity contribution in [1.29, 1.82) is 0 Å². The Morgan fingerprint density at radius 3 is 2.79 bits per heavy atom. The van der Waals surface area contributed by atoms with Gasteiger partial charge in [0, 0.05) is 17.3 Å². The summed E-state index contributed by atoms with van der Waals surface area (Å²) < 4.78 is 7.77. The Kier molecular flexibility index (Phi) is 5.20. The van der Waals surface area contributed by atoms with E-state index in [1.165, 1.54) is 0 Å². The molecule has 0 radical (unpaired) electrons. The molecule has 0 fully saturated rings. The summed E-state index contributed by atoms with van der Waals surface area (Å²) in [6, 6.07) is 11.3. The van der Waals surface area contributed by atoms with Crippen molar-refractivity contribution in [2.45, 2.75) is 38.1 Å². The predicted molar refractivity (Wildman–Crippen MR) is 108 cm³/mol. The van der Waals surface area contributed by atoms with E-state index < -0.39 is 18.5 Å². The van der Waals surface area contributed by atoms with Crippen LogP contribution in [-0.2, 0) is 22.6 Å². The lowest BCUT2D eigenvalue weighted by Crippen LogP contribution is -2.21. The molecule has 150 valence electrons. The average molecular weight is 393 g/mol. The van der Waals surface area contributed by atoms with Gasteiger partial charge in [-0.15, -0.1) is 0 Å². The molecule has 0 bridgehead atoms. The maximum absolute atomic E-state index is 12.3. The number of hydrogen-bond acceptors (Lipinski definition) is 4. The summed E-state index contributed by atoms with van der Waals surface area (Å²) in [6.07, 6.45) is 5.12. The van der Waals surface area contributed by atoms with Gasteiger partial charge in [0.15, 0.2) is 6.61 Å². The number of aromatic nitrogens is 2. The van der Waals surface area contributed by atoms with Gasteiger partial charge in [0.1, 0.15) is 5.75 Å². The molecule has 1 aromatic carbocycles. The predicted octanol–water partition coefficient (Wildman–Crippen LogP) is 2.84. The molecule has 2 heterocycles. The standard InChI is InChI=1S/C22H23N3O4/c23-22(28)15-7-1-2-8-16-20(15)21-17(9-5-10-18(21)29-13-19(26)27)25(16)12-14-6-3-4-11-24-14/h3-6,9-11,15H,1-2,7-8,12-13H2,(H2,23,28)(H,26,27). The molecule has 1 aliphatic carbocycles. The highest BCUT2D eigenvalue weighted by molar-refractivity contribution is 5.97. The quantitative estimate of drug-likeness (QED) is 0.626. The Morgan fingerprint density at radius 1 is 1.21 bits per heavy atom. The number of primary amides is 1. The van der Waals surface area contributed by atoms with Crippen molar-refractivity contribution < 1.29 is 19.4 Å². The normalized spacial score (nSPS) is 16.2. The van der Waals surface area contributed by atoms with E-state index in [0.717, 1.165) is 47.1 Å². The molecule has 7 heteroatoms. The summed E-state index contributed by atoms with van der Waals surface area (Å²) in [5.74, 6) is -1.37. The number of carbonyl (C=O) groups excluding carboxylic acids is 1. The molecule has 7 nitrogen and oxygen atoms in total. The third-order valence-electron chi connectivity index (χ3n) is 5.45. The van der Waals surface area contributed by atoms with E-state index >= 15 is 0 Å². The number of carbonyl (C=O) groups is 2. The van der Waals surface area contributed by atoms with E-state index in [0.29, 0.717) is 18.7 Å². The van der Waals surface area contributed by atoms with Gasteiger partial charge < -0.3 is 20.1 Å². The first kappa shape index (κ1) is 19.0. The Morgan fingerprint density at radius 2 is 2.07 bits per heavy atom. The monoisotopic (exact) mass is 393 g/mol. The number of benzene rings is 1. The van der Waals surface area contributed by atoms with Crippen LogP contribution in [-0.4, -0.2) is 33.1 Å². The summed E-state index contributed by atoms with van der Waals surface area (Å²) in [7, 11) is 0. The van der Waals surface area contributed by atoms with Gasteiger partial charge in [0.25, 0.3) is 0 Å². The summed E-state index contributed by atoms with van der Waals surface area (Å²) >= 11 is 0. The number of ether oxygens (including phenoxy) is 1. The van der Waals surface area contributed by atoms with Gasteiger partial charge in [-0.05, 0) is 49.1 Å². The number of aliphatic carboxylic acids is 1. The van der Waals surface area contributed by atoms with Crippen LogP contribution in [0.3, 0.4) is 0 Å². The molecule has 0 aliphatic heterocycles. The number of pyridine rings is 1. The fourth-order valence-corrected chi connectivity index (χ4v) is 4.26. The van der Waals surface area contributed by atoms with Crippen LogP contribution in [0.5, 0.6) is 5.75 Å². The second-order valence-electron chi connectivity index (χ2n) is 7.30. The summed E-state index contributed by atoms with van der Waals surface area (Å²) in [6.45, 7) is 0.112. The first-order valence-electron chi connectivity index (χ1n) is 9.74. The molecule has 0 saturated carbocycles. The SMILES string of the molecule is NC(=O)C1CCCCc2c1c1c(OCC(=O)O)cccc1n2Cc1ccccn1. The number of rotatable bonds is 6. The molecule has 29 heavy (non-hydrogen) atoms. The van der Waals surface area contributed by atoms with Crippen LogP contribution < -0.4 is 10.5 Å². The molecular formula is C22H23N3O4. The van der Waals surface area contributed by atoms with Crippen LogP contribution in [0.4, 0.5) is 0 Å². The number of nitrogens with zero attached hydrogens (tertiary/aromatic N) is 2. The highest BCUT2D eigenvalue weighted by Crippen LogP contribution is 2.42. The second kappa shape index (κ2) is 7.95. The van der Waals surface area contributed by atoms with Gasteiger partial charge in [-0.1, -0.05) is 18.6 Å². The first-order chi connectivity index (χ1) is 14.1. The second-order valence-corrected chi connectivity index (χ2v) is 7.30. The highest BCUT2D eigenvalue weighted by Gasteiger charge is 2.31. The molecule has 1 atom stereocenters. The van der Waals surface area contributed by atoms with Crippen molar-refractivity contribution >= 4 is 22.8 Å². The molecule has 0 saturated heterocycles. The van der Waals surface area contributed by atoms with Crippen LogP contribution in [0.15, 0.2) is 42.6 Å². The molecule has 2 aromatic heterocycles. The first-order valence-corrected chi connectivity index (χ1v) is 9.74. The van der Waals surface area contributed by atoms with Gasteiger partial charge in [-0.3, -0.25) is 9.78 Å². The minimum Gasteiger partial charge on any atom is -0.481 e. The van der Waals surface area contributed by atoms with Gasteiger partial charge in [-0.25, -0.2) is 4.79 Å². The van der Waals surface area contributed by atoms with Crippen LogP contribution in [0.1, 0.15) is 42.1 Å². The lowest BCUT2D eigenvalue weighted by molar-refractivity contribution is -0.139. The summed E-state index contributed by atoms with van der Waals surface area (Å²) in [5.41, 5.74) is 9.52.